The van der Waals surface area contributed by atoms with Crippen LogP contribution in [0.2, 0.25) is 0 Å². The maximum atomic E-state index is 12.3. The lowest BCUT2D eigenvalue weighted by molar-refractivity contribution is 0.0952. The highest BCUT2D eigenvalue weighted by Gasteiger charge is 2.10. The number of aromatic nitrogens is 2. The second kappa shape index (κ2) is 5.66. The first-order valence-corrected chi connectivity index (χ1v) is 6.61. The summed E-state index contributed by atoms with van der Waals surface area (Å²) in [6.45, 7) is 0.463. The van der Waals surface area contributed by atoms with Crippen molar-refractivity contribution in [3.8, 4) is 5.75 Å². The molecule has 0 atom stereocenters. The Morgan fingerprint density at radius 1 is 1.24 bits per heavy atom. The minimum Gasteiger partial charge on any atom is -0.497 e. The molecule has 1 amide bonds. The maximum Gasteiger partial charge on any atom is 0.255 e. The Bertz CT molecular complexity index is 763. The lowest BCUT2D eigenvalue weighted by atomic mass is 10.2. The van der Waals surface area contributed by atoms with Crippen LogP contribution in [0.5, 0.6) is 5.75 Å². The molecule has 3 aromatic rings. The Hall–Kier alpha value is -2.82. The number of fused-ring (bicyclic) bond motifs is 1. The Balaban J connectivity index is 1.72. The number of benzene rings is 1. The van der Waals surface area contributed by atoms with Crippen molar-refractivity contribution in [1.82, 2.24) is 14.7 Å². The van der Waals surface area contributed by atoms with E-state index in [1.54, 1.807) is 19.4 Å². The first kappa shape index (κ1) is 13.2. The van der Waals surface area contributed by atoms with E-state index in [1.165, 1.54) is 0 Å². The fourth-order valence-electron chi connectivity index (χ4n) is 2.15. The predicted octanol–water partition coefficient (Wildman–Crippen LogP) is 2.27. The number of carbonyl (C=O) groups excluding carboxylic acids is 1. The number of hydrogen-bond donors (Lipinski definition) is 1. The fourth-order valence-corrected chi connectivity index (χ4v) is 2.15. The van der Waals surface area contributed by atoms with E-state index in [0.717, 1.165) is 11.3 Å². The normalized spacial score (nSPS) is 10.5. The van der Waals surface area contributed by atoms with Crippen molar-refractivity contribution >= 4 is 11.6 Å². The van der Waals surface area contributed by atoms with Gasteiger partial charge in [-0.25, -0.2) is 4.98 Å². The van der Waals surface area contributed by atoms with E-state index in [4.69, 9.17) is 4.74 Å². The summed E-state index contributed by atoms with van der Waals surface area (Å²) in [6, 6.07) is 11.2. The molecule has 0 aliphatic carbocycles. The zero-order valence-corrected chi connectivity index (χ0v) is 11.6. The van der Waals surface area contributed by atoms with Crippen molar-refractivity contribution in [1.29, 1.82) is 0 Å². The molecular formula is C16H15N3O2. The Kier molecular flexibility index (Phi) is 3.55. The van der Waals surface area contributed by atoms with Gasteiger partial charge in [-0.15, -0.1) is 0 Å². The minimum atomic E-state index is -0.136. The lowest BCUT2D eigenvalue weighted by Gasteiger charge is -2.07. The van der Waals surface area contributed by atoms with E-state index < -0.39 is 0 Å². The second-order valence-electron chi connectivity index (χ2n) is 4.61. The summed E-state index contributed by atoms with van der Waals surface area (Å²) in [5.74, 6) is 0.662. The van der Waals surface area contributed by atoms with E-state index in [1.807, 2.05) is 47.1 Å². The number of nitrogens with zero attached hydrogens (tertiary/aromatic N) is 2. The molecule has 0 aliphatic heterocycles. The van der Waals surface area contributed by atoms with Crippen molar-refractivity contribution in [3.63, 3.8) is 0 Å². The number of nitrogens with one attached hydrogen (secondary N) is 1. The first-order chi connectivity index (χ1) is 10.3. The molecule has 2 aromatic heterocycles. The number of rotatable bonds is 4. The summed E-state index contributed by atoms with van der Waals surface area (Å²) in [5.41, 5.74) is 2.24. The molecule has 0 fully saturated rings. The highest BCUT2D eigenvalue weighted by atomic mass is 16.5. The largest absolute Gasteiger partial charge is 0.497 e. The van der Waals surface area contributed by atoms with Crippen molar-refractivity contribution in [2.75, 3.05) is 7.11 Å². The van der Waals surface area contributed by atoms with Gasteiger partial charge in [-0.05, 0) is 29.8 Å². The molecule has 1 aromatic carbocycles. The SMILES string of the molecule is COc1ccc(CNC(=O)c2cccn3ccnc23)cc1. The molecule has 2 heterocycles. The van der Waals surface area contributed by atoms with Gasteiger partial charge in [-0.2, -0.15) is 0 Å². The predicted molar refractivity (Wildman–Crippen MR) is 79.4 cm³/mol. The summed E-state index contributed by atoms with van der Waals surface area (Å²) >= 11 is 0. The molecule has 106 valence electrons. The Morgan fingerprint density at radius 3 is 2.81 bits per heavy atom. The van der Waals surface area contributed by atoms with E-state index in [0.29, 0.717) is 17.8 Å². The van der Waals surface area contributed by atoms with Gasteiger partial charge in [0.2, 0.25) is 0 Å². The number of carbonyl (C=O) groups is 1. The smallest absolute Gasteiger partial charge is 0.255 e. The molecule has 21 heavy (non-hydrogen) atoms. The molecule has 0 saturated heterocycles. The Morgan fingerprint density at radius 2 is 2.05 bits per heavy atom. The molecule has 0 aliphatic rings. The number of imidazole rings is 1. The number of amides is 1. The van der Waals surface area contributed by atoms with Gasteiger partial charge < -0.3 is 14.5 Å². The number of ether oxygens (including phenoxy) is 1. The van der Waals surface area contributed by atoms with Gasteiger partial charge in [-0.3, -0.25) is 4.79 Å². The summed E-state index contributed by atoms with van der Waals surface area (Å²) in [5, 5.41) is 2.90. The molecule has 3 rings (SSSR count). The van der Waals surface area contributed by atoms with Crippen LogP contribution in [0.4, 0.5) is 0 Å². The average molecular weight is 281 g/mol. The maximum absolute atomic E-state index is 12.3. The van der Waals surface area contributed by atoms with Gasteiger partial charge in [0.25, 0.3) is 5.91 Å². The third kappa shape index (κ3) is 2.72. The van der Waals surface area contributed by atoms with E-state index in [2.05, 4.69) is 10.3 Å². The minimum absolute atomic E-state index is 0.136. The van der Waals surface area contributed by atoms with Gasteiger partial charge in [0, 0.05) is 25.1 Å². The van der Waals surface area contributed by atoms with Gasteiger partial charge in [0.1, 0.15) is 11.4 Å². The van der Waals surface area contributed by atoms with Crippen LogP contribution in [0.25, 0.3) is 5.65 Å². The summed E-state index contributed by atoms with van der Waals surface area (Å²) < 4.78 is 6.93. The highest BCUT2D eigenvalue weighted by Crippen LogP contribution is 2.12. The van der Waals surface area contributed by atoms with Crippen LogP contribution < -0.4 is 10.1 Å². The van der Waals surface area contributed by atoms with Gasteiger partial charge in [-0.1, -0.05) is 12.1 Å². The first-order valence-electron chi connectivity index (χ1n) is 6.61. The summed E-state index contributed by atoms with van der Waals surface area (Å²) in [6.07, 6.45) is 5.35. The summed E-state index contributed by atoms with van der Waals surface area (Å²) in [4.78, 5) is 16.5. The van der Waals surface area contributed by atoms with Crippen LogP contribution in [0.1, 0.15) is 15.9 Å². The number of methoxy groups -OCH3 is 1. The van der Waals surface area contributed by atoms with Crippen molar-refractivity contribution < 1.29 is 9.53 Å². The third-order valence-electron chi connectivity index (χ3n) is 3.28. The van der Waals surface area contributed by atoms with Crippen LogP contribution in [0, 0.1) is 0 Å². The molecule has 0 radical (unpaired) electrons. The molecule has 5 heteroatoms. The van der Waals surface area contributed by atoms with Crippen LogP contribution in [-0.2, 0) is 6.54 Å². The quantitative estimate of drug-likeness (QED) is 0.798. The van der Waals surface area contributed by atoms with Crippen LogP contribution in [0.3, 0.4) is 0 Å². The van der Waals surface area contributed by atoms with Crippen molar-refractivity contribution in [3.05, 3.63) is 66.1 Å². The molecule has 5 nitrogen and oxygen atoms in total. The zero-order chi connectivity index (χ0) is 14.7. The fraction of sp³-hybridized carbons (Fsp3) is 0.125. The number of hydrogen-bond acceptors (Lipinski definition) is 3. The zero-order valence-electron chi connectivity index (χ0n) is 11.6. The molecule has 0 unspecified atom stereocenters. The van der Waals surface area contributed by atoms with E-state index in [-0.39, 0.29) is 5.91 Å². The molecular weight excluding hydrogens is 266 g/mol. The van der Waals surface area contributed by atoms with E-state index in [9.17, 15) is 4.79 Å². The molecule has 0 bridgehead atoms. The van der Waals surface area contributed by atoms with Crippen LogP contribution >= 0.6 is 0 Å². The highest BCUT2D eigenvalue weighted by molar-refractivity contribution is 5.99. The average Bonchev–Trinajstić information content (AvgIpc) is 3.01. The molecule has 1 N–H and O–H groups in total. The lowest BCUT2D eigenvalue weighted by Crippen LogP contribution is -2.23. The van der Waals surface area contributed by atoms with Crippen LogP contribution in [-0.4, -0.2) is 22.4 Å². The Labute approximate surface area is 122 Å². The van der Waals surface area contributed by atoms with Gasteiger partial charge in [0.05, 0.1) is 12.7 Å². The van der Waals surface area contributed by atoms with Gasteiger partial charge in [0.15, 0.2) is 0 Å². The number of pyridine rings is 1. The second-order valence-corrected chi connectivity index (χ2v) is 4.61. The summed E-state index contributed by atoms with van der Waals surface area (Å²) in [7, 11) is 1.63. The van der Waals surface area contributed by atoms with E-state index >= 15 is 0 Å². The standard InChI is InChI=1S/C16H15N3O2/c1-21-13-6-4-12(5-7-13)11-18-16(20)14-3-2-9-19-10-8-17-15(14)19/h2-10H,11H2,1H3,(H,18,20). The van der Waals surface area contributed by atoms with Gasteiger partial charge >= 0.3 is 0 Å². The third-order valence-corrected chi connectivity index (χ3v) is 3.28. The topological polar surface area (TPSA) is 55.6 Å². The van der Waals surface area contributed by atoms with Crippen LogP contribution in [0.15, 0.2) is 55.0 Å². The van der Waals surface area contributed by atoms with Crippen molar-refractivity contribution in [2.24, 2.45) is 0 Å². The molecule has 0 spiro atoms. The monoisotopic (exact) mass is 281 g/mol. The van der Waals surface area contributed by atoms with Crippen molar-refractivity contribution in [2.45, 2.75) is 6.54 Å². The molecule has 0 saturated carbocycles.